The average Bonchev–Trinajstić information content (AvgIpc) is 3.30. The van der Waals surface area contributed by atoms with Gasteiger partial charge in [-0.05, 0) is 69.5 Å². The molecule has 0 saturated carbocycles. The summed E-state index contributed by atoms with van der Waals surface area (Å²) in [6.07, 6.45) is 4.26. The molecule has 10 nitrogen and oxygen atoms in total. The number of benzene rings is 2. The highest BCUT2D eigenvalue weighted by Gasteiger charge is 2.29. The lowest BCUT2D eigenvalue weighted by Crippen LogP contribution is -2.45. The van der Waals surface area contributed by atoms with Crippen LogP contribution >= 0.6 is 0 Å². The smallest absolute Gasteiger partial charge is 0.408 e. The van der Waals surface area contributed by atoms with Gasteiger partial charge in [0.05, 0.1) is 25.7 Å². The van der Waals surface area contributed by atoms with Gasteiger partial charge in [0.2, 0.25) is 0 Å². The van der Waals surface area contributed by atoms with Gasteiger partial charge in [-0.1, -0.05) is 24.3 Å². The molecule has 0 radical (unpaired) electrons. The Kier molecular flexibility index (Phi) is 9.73. The minimum Gasteiger partial charge on any atom is -0.493 e. The van der Waals surface area contributed by atoms with Gasteiger partial charge >= 0.3 is 6.09 Å². The van der Waals surface area contributed by atoms with E-state index in [1.54, 1.807) is 45.9 Å². The summed E-state index contributed by atoms with van der Waals surface area (Å²) in [6, 6.07) is 12.0. The normalized spacial score (nSPS) is 13.1. The number of Topliss-reactive ketones (excluding diaryl/α,β-unsaturated/α-hetero) is 1. The first-order chi connectivity index (χ1) is 18.5. The number of aromatic nitrogens is 1. The first kappa shape index (κ1) is 29.2. The highest BCUT2D eigenvalue weighted by Crippen LogP contribution is 2.30. The predicted molar refractivity (Wildman–Crippen MR) is 147 cm³/mol. The molecule has 0 fully saturated rings. The topological polar surface area (TPSA) is 139 Å². The SMILES string of the molecule is COc1cc(/C=C/C(=O)NO)ccc1OC[C@H](Cc1c[nH]c2ccccc12)C(=O)[C@H](C)NC(=O)OC(C)(C)C. The number of hydrogen-bond donors (Lipinski definition) is 4. The number of hydrogen-bond acceptors (Lipinski definition) is 7. The lowest BCUT2D eigenvalue weighted by Gasteiger charge is -2.24. The number of rotatable bonds is 11. The fraction of sp³-hybridized carbons (Fsp3) is 0.345. The summed E-state index contributed by atoms with van der Waals surface area (Å²) < 4.78 is 16.8. The number of fused-ring (bicyclic) bond motifs is 1. The van der Waals surface area contributed by atoms with E-state index in [1.165, 1.54) is 24.7 Å². The first-order valence-electron chi connectivity index (χ1n) is 12.5. The quantitative estimate of drug-likeness (QED) is 0.161. The monoisotopic (exact) mass is 537 g/mol. The Bertz CT molecular complexity index is 1340. The molecule has 1 heterocycles. The molecule has 0 spiro atoms. The van der Waals surface area contributed by atoms with Gasteiger partial charge in [0, 0.05) is 23.2 Å². The highest BCUT2D eigenvalue weighted by atomic mass is 16.6. The number of ether oxygens (including phenoxy) is 3. The zero-order chi connectivity index (χ0) is 28.6. The van der Waals surface area contributed by atoms with Gasteiger partial charge in [-0.2, -0.15) is 0 Å². The van der Waals surface area contributed by atoms with Crippen LogP contribution < -0.4 is 20.3 Å². The van der Waals surface area contributed by atoms with Gasteiger partial charge < -0.3 is 24.5 Å². The maximum atomic E-state index is 13.6. The van der Waals surface area contributed by atoms with Crippen molar-refractivity contribution in [3.05, 3.63) is 65.9 Å². The summed E-state index contributed by atoms with van der Waals surface area (Å²) in [6.45, 7) is 6.91. The zero-order valence-corrected chi connectivity index (χ0v) is 22.7. The molecule has 1 aromatic heterocycles. The molecule has 10 heteroatoms. The summed E-state index contributed by atoms with van der Waals surface area (Å²) >= 11 is 0. The van der Waals surface area contributed by atoms with E-state index in [-0.39, 0.29) is 12.4 Å². The van der Waals surface area contributed by atoms with Crippen molar-refractivity contribution in [1.82, 2.24) is 15.8 Å². The van der Waals surface area contributed by atoms with Crippen molar-refractivity contribution < 1.29 is 33.8 Å². The molecule has 0 aliphatic carbocycles. The molecule has 2 atom stereocenters. The summed E-state index contributed by atoms with van der Waals surface area (Å²) in [5, 5.41) is 12.3. The third-order valence-electron chi connectivity index (χ3n) is 5.87. The summed E-state index contributed by atoms with van der Waals surface area (Å²) in [7, 11) is 1.48. The molecule has 0 aliphatic heterocycles. The number of carbonyl (C=O) groups is 3. The van der Waals surface area contributed by atoms with Crippen molar-refractivity contribution in [1.29, 1.82) is 0 Å². The van der Waals surface area contributed by atoms with Crippen LogP contribution in [0.5, 0.6) is 11.5 Å². The van der Waals surface area contributed by atoms with E-state index < -0.39 is 29.6 Å². The number of aromatic amines is 1. The van der Waals surface area contributed by atoms with Gasteiger partial charge in [-0.3, -0.25) is 14.8 Å². The number of alkyl carbamates (subject to hydrolysis) is 1. The van der Waals surface area contributed by atoms with E-state index in [1.807, 2.05) is 30.5 Å². The molecule has 0 bridgehead atoms. The Balaban J connectivity index is 1.81. The van der Waals surface area contributed by atoms with Gasteiger partial charge in [-0.25, -0.2) is 10.3 Å². The second-order valence-corrected chi connectivity index (χ2v) is 10.1. The minimum absolute atomic E-state index is 0.0249. The summed E-state index contributed by atoms with van der Waals surface area (Å²) in [4.78, 5) is 40.4. The van der Waals surface area contributed by atoms with E-state index >= 15 is 0 Å². The second kappa shape index (κ2) is 13.0. The number of hydroxylamine groups is 1. The fourth-order valence-corrected chi connectivity index (χ4v) is 4.02. The molecule has 2 aromatic carbocycles. The third kappa shape index (κ3) is 8.34. The van der Waals surface area contributed by atoms with Crippen LogP contribution in [0.15, 0.2) is 54.7 Å². The maximum absolute atomic E-state index is 13.6. The standard InChI is InChI=1S/C29H35N3O7/c1-18(31-28(35)39-29(2,3)4)27(34)21(15-20-16-30-23-9-7-6-8-22(20)23)17-38-24-12-10-19(14-25(24)37-5)11-13-26(33)32-36/h6-14,16,18,21,30,36H,15,17H2,1-5H3,(H,31,35)(H,32,33)/b13-11+/t18-,21-/m0/s1. The van der Waals surface area contributed by atoms with E-state index in [0.29, 0.717) is 23.5 Å². The lowest BCUT2D eigenvalue weighted by molar-refractivity contribution is -0.125. The van der Waals surface area contributed by atoms with Crippen LogP contribution in [0.25, 0.3) is 17.0 Å². The van der Waals surface area contributed by atoms with Gasteiger partial charge in [-0.15, -0.1) is 0 Å². The molecular weight excluding hydrogens is 502 g/mol. The van der Waals surface area contributed by atoms with Crippen molar-refractivity contribution in [3.8, 4) is 11.5 Å². The Hall–Kier alpha value is -4.31. The van der Waals surface area contributed by atoms with Gasteiger partial charge in [0.25, 0.3) is 5.91 Å². The van der Waals surface area contributed by atoms with Crippen LogP contribution in [-0.2, 0) is 20.7 Å². The zero-order valence-electron chi connectivity index (χ0n) is 22.7. The number of amides is 2. The Morgan fingerprint density at radius 2 is 1.85 bits per heavy atom. The molecular formula is C29H35N3O7. The van der Waals surface area contributed by atoms with Crippen molar-refractivity contribution in [2.45, 2.75) is 45.8 Å². The maximum Gasteiger partial charge on any atom is 0.408 e. The number of carbonyl (C=O) groups excluding carboxylic acids is 3. The molecule has 0 saturated heterocycles. The van der Waals surface area contributed by atoms with Crippen LogP contribution in [-0.4, -0.2) is 53.3 Å². The Morgan fingerprint density at radius 1 is 1.10 bits per heavy atom. The molecule has 2 amide bonds. The minimum atomic E-state index is -0.814. The van der Waals surface area contributed by atoms with Crippen molar-refractivity contribution in [3.63, 3.8) is 0 Å². The number of nitrogens with one attached hydrogen (secondary N) is 3. The van der Waals surface area contributed by atoms with E-state index in [2.05, 4.69) is 10.3 Å². The predicted octanol–water partition coefficient (Wildman–Crippen LogP) is 4.42. The van der Waals surface area contributed by atoms with E-state index in [9.17, 15) is 14.4 Å². The number of ketones is 1. The van der Waals surface area contributed by atoms with Crippen LogP contribution in [0.1, 0.15) is 38.8 Å². The Morgan fingerprint density at radius 3 is 2.54 bits per heavy atom. The van der Waals surface area contributed by atoms with Crippen molar-refractivity contribution in [2.24, 2.45) is 5.92 Å². The van der Waals surface area contributed by atoms with Crippen molar-refractivity contribution >= 4 is 34.8 Å². The third-order valence-corrected chi connectivity index (χ3v) is 5.87. The van der Waals surface area contributed by atoms with Gasteiger partial charge in [0.15, 0.2) is 17.3 Å². The number of H-pyrrole nitrogens is 1. The molecule has 3 aromatic rings. The first-order valence-corrected chi connectivity index (χ1v) is 12.5. The van der Waals surface area contributed by atoms with Crippen LogP contribution in [0.3, 0.4) is 0 Å². The van der Waals surface area contributed by atoms with Crippen LogP contribution in [0.2, 0.25) is 0 Å². The molecule has 3 rings (SSSR count). The lowest BCUT2D eigenvalue weighted by atomic mass is 9.92. The summed E-state index contributed by atoms with van der Waals surface area (Å²) in [5.74, 6) is -0.668. The largest absolute Gasteiger partial charge is 0.493 e. The van der Waals surface area contributed by atoms with E-state index in [4.69, 9.17) is 19.4 Å². The number of methoxy groups -OCH3 is 1. The molecule has 0 unspecified atom stereocenters. The van der Waals surface area contributed by atoms with E-state index in [0.717, 1.165) is 16.5 Å². The summed E-state index contributed by atoms with van der Waals surface area (Å²) in [5.41, 5.74) is 3.39. The second-order valence-electron chi connectivity index (χ2n) is 10.1. The molecule has 208 valence electrons. The fourth-order valence-electron chi connectivity index (χ4n) is 4.02. The highest BCUT2D eigenvalue weighted by molar-refractivity contribution is 5.91. The van der Waals surface area contributed by atoms with Crippen molar-refractivity contribution in [2.75, 3.05) is 13.7 Å². The molecule has 0 aliphatic rings. The average molecular weight is 538 g/mol. The molecule has 39 heavy (non-hydrogen) atoms. The van der Waals surface area contributed by atoms with Crippen LogP contribution in [0, 0.1) is 5.92 Å². The number of para-hydroxylation sites is 1. The van der Waals surface area contributed by atoms with Crippen LogP contribution in [0.4, 0.5) is 4.79 Å². The Labute approximate surface area is 227 Å². The molecule has 4 N–H and O–H groups in total. The van der Waals surface area contributed by atoms with Gasteiger partial charge in [0.1, 0.15) is 5.60 Å².